The van der Waals surface area contributed by atoms with E-state index < -0.39 is 0 Å². The number of hydrogen-bond donors (Lipinski definition) is 2. The number of thiophene rings is 1. The Morgan fingerprint density at radius 2 is 2.12 bits per heavy atom. The van der Waals surface area contributed by atoms with Crippen LogP contribution < -0.4 is 10.6 Å². The van der Waals surface area contributed by atoms with Crippen molar-refractivity contribution in [3.05, 3.63) is 35.2 Å². The van der Waals surface area contributed by atoms with Gasteiger partial charge in [-0.1, -0.05) is 25.1 Å². The Kier molecular flexibility index (Phi) is 3.93. The normalized spacial score (nSPS) is 13.1. The molecule has 0 bridgehead atoms. The molecule has 2 nitrogen and oxygen atoms in total. The van der Waals surface area contributed by atoms with Gasteiger partial charge >= 0.3 is 0 Å². The third kappa shape index (κ3) is 2.26. The van der Waals surface area contributed by atoms with E-state index >= 15 is 0 Å². The minimum atomic E-state index is 0.399. The van der Waals surface area contributed by atoms with E-state index in [0.29, 0.717) is 6.04 Å². The summed E-state index contributed by atoms with van der Waals surface area (Å²) < 4.78 is 1.37. The quantitative estimate of drug-likeness (QED) is 0.831. The molecular formula is C13H18N2S. The second-order valence-corrected chi connectivity index (χ2v) is 4.75. The van der Waals surface area contributed by atoms with E-state index in [1.54, 1.807) is 0 Å². The lowest BCUT2D eigenvalue weighted by atomic mass is 10.1. The third-order valence-electron chi connectivity index (χ3n) is 2.83. The summed E-state index contributed by atoms with van der Waals surface area (Å²) in [5.74, 6) is 0. The Morgan fingerprint density at radius 3 is 2.88 bits per heavy atom. The van der Waals surface area contributed by atoms with Crippen LogP contribution in [0.5, 0.6) is 0 Å². The zero-order chi connectivity index (χ0) is 11.4. The monoisotopic (exact) mass is 234 g/mol. The lowest BCUT2D eigenvalue weighted by Gasteiger charge is -2.16. The molecule has 16 heavy (non-hydrogen) atoms. The van der Waals surface area contributed by atoms with Crippen molar-refractivity contribution >= 4 is 21.4 Å². The molecule has 1 unspecified atom stereocenters. The predicted molar refractivity (Wildman–Crippen MR) is 72.2 cm³/mol. The van der Waals surface area contributed by atoms with Crippen molar-refractivity contribution in [2.45, 2.75) is 13.0 Å². The first kappa shape index (κ1) is 11.6. The van der Waals surface area contributed by atoms with Crippen molar-refractivity contribution in [3.8, 4) is 0 Å². The minimum absolute atomic E-state index is 0.399. The molecule has 0 amide bonds. The molecule has 0 spiro atoms. The molecule has 0 fully saturated rings. The van der Waals surface area contributed by atoms with Crippen LogP contribution in [0.4, 0.5) is 0 Å². The molecule has 86 valence electrons. The van der Waals surface area contributed by atoms with E-state index in [1.807, 2.05) is 18.4 Å². The second kappa shape index (κ2) is 5.43. The van der Waals surface area contributed by atoms with E-state index in [1.165, 1.54) is 15.6 Å². The highest BCUT2D eigenvalue weighted by molar-refractivity contribution is 7.17. The van der Waals surface area contributed by atoms with Gasteiger partial charge in [-0.2, -0.15) is 0 Å². The van der Waals surface area contributed by atoms with Crippen LogP contribution in [0.3, 0.4) is 0 Å². The van der Waals surface area contributed by atoms with Crippen molar-refractivity contribution in [3.63, 3.8) is 0 Å². The Morgan fingerprint density at radius 1 is 1.31 bits per heavy atom. The molecule has 3 heteroatoms. The molecular weight excluding hydrogens is 216 g/mol. The maximum atomic E-state index is 3.39. The molecule has 2 aromatic rings. The smallest absolute Gasteiger partial charge is 0.0458 e. The summed E-state index contributed by atoms with van der Waals surface area (Å²) in [5.41, 5.74) is 1.41. The van der Waals surface area contributed by atoms with E-state index in [9.17, 15) is 0 Å². The third-order valence-corrected chi connectivity index (χ3v) is 3.81. The molecule has 0 radical (unpaired) electrons. The van der Waals surface area contributed by atoms with Crippen LogP contribution in [0, 0.1) is 0 Å². The maximum Gasteiger partial charge on any atom is 0.0458 e. The first-order valence-electron chi connectivity index (χ1n) is 5.71. The van der Waals surface area contributed by atoms with Crippen LogP contribution in [-0.4, -0.2) is 20.1 Å². The van der Waals surface area contributed by atoms with Crippen LogP contribution in [0.1, 0.15) is 18.5 Å². The van der Waals surface area contributed by atoms with E-state index in [-0.39, 0.29) is 0 Å². The summed E-state index contributed by atoms with van der Waals surface area (Å²) in [6.07, 6.45) is 0. The van der Waals surface area contributed by atoms with Crippen LogP contribution in [0.25, 0.3) is 10.1 Å². The fourth-order valence-electron chi connectivity index (χ4n) is 1.92. The molecule has 0 saturated heterocycles. The van der Waals surface area contributed by atoms with Crippen molar-refractivity contribution < 1.29 is 0 Å². The molecule has 0 aliphatic heterocycles. The molecule has 2 rings (SSSR count). The molecule has 0 aliphatic carbocycles. The van der Waals surface area contributed by atoms with E-state index in [4.69, 9.17) is 0 Å². The topological polar surface area (TPSA) is 24.1 Å². The molecule has 1 aromatic carbocycles. The lowest BCUT2D eigenvalue weighted by Crippen LogP contribution is -2.29. The number of rotatable bonds is 5. The zero-order valence-electron chi connectivity index (χ0n) is 9.79. The second-order valence-electron chi connectivity index (χ2n) is 3.84. The van der Waals surface area contributed by atoms with E-state index in [0.717, 1.165) is 13.1 Å². The highest BCUT2D eigenvalue weighted by Crippen LogP contribution is 2.29. The number of likely N-dealkylation sites (N-methyl/N-ethyl adjacent to an activating group) is 2. The molecule has 0 saturated carbocycles. The number of nitrogens with one attached hydrogen (secondary N) is 2. The Balaban J connectivity index is 2.30. The summed E-state index contributed by atoms with van der Waals surface area (Å²) in [7, 11) is 2.02. The summed E-state index contributed by atoms with van der Waals surface area (Å²) in [5, 5.41) is 10.4. The molecule has 0 aliphatic rings. The van der Waals surface area contributed by atoms with Gasteiger partial charge in [0, 0.05) is 17.3 Å². The number of benzene rings is 1. The first-order valence-corrected chi connectivity index (χ1v) is 6.59. The fraction of sp³-hybridized carbons (Fsp3) is 0.385. The van der Waals surface area contributed by atoms with Crippen LogP contribution >= 0.6 is 11.3 Å². The van der Waals surface area contributed by atoms with Gasteiger partial charge in [-0.3, -0.25) is 0 Å². The summed E-state index contributed by atoms with van der Waals surface area (Å²) in [6, 6.07) is 9.00. The standard InChI is InChI=1S/C13H18N2S/c1-3-15-8-12(14-2)11-9-16-13-7-5-4-6-10(11)13/h4-7,9,12,14-15H,3,8H2,1-2H3. The molecule has 1 atom stereocenters. The largest absolute Gasteiger partial charge is 0.315 e. The highest BCUT2D eigenvalue weighted by Gasteiger charge is 2.12. The van der Waals surface area contributed by atoms with Gasteiger partial charge in [0.05, 0.1) is 0 Å². The predicted octanol–water partition coefficient (Wildman–Crippen LogP) is 2.77. The average molecular weight is 234 g/mol. The summed E-state index contributed by atoms with van der Waals surface area (Å²) in [6.45, 7) is 4.13. The van der Waals surface area contributed by atoms with Gasteiger partial charge in [-0.25, -0.2) is 0 Å². The first-order chi connectivity index (χ1) is 7.86. The Hall–Kier alpha value is -0.900. The van der Waals surface area contributed by atoms with Crippen LogP contribution in [-0.2, 0) is 0 Å². The van der Waals surface area contributed by atoms with Gasteiger partial charge in [-0.05, 0) is 36.0 Å². The van der Waals surface area contributed by atoms with Crippen molar-refractivity contribution in [2.24, 2.45) is 0 Å². The van der Waals surface area contributed by atoms with Gasteiger partial charge < -0.3 is 10.6 Å². The maximum absolute atomic E-state index is 3.39. The fourth-order valence-corrected chi connectivity index (χ4v) is 2.94. The Labute approximate surface area is 101 Å². The summed E-state index contributed by atoms with van der Waals surface area (Å²) >= 11 is 1.82. The Bertz CT molecular complexity index is 450. The number of fused-ring (bicyclic) bond motifs is 1. The zero-order valence-corrected chi connectivity index (χ0v) is 10.6. The molecule has 1 aromatic heterocycles. The number of hydrogen-bond acceptors (Lipinski definition) is 3. The lowest BCUT2D eigenvalue weighted by molar-refractivity contribution is 0.542. The van der Waals surface area contributed by atoms with Gasteiger partial charge in [-0.15, -0.1) is 11.3 Å². The van der Waals surface area contributed by atoms with Crippen molar-refractivity contribution in [1.82, 2.24) is 10.6 Å². The van der Waals surface area contributed by atoms with Gasteiger partial charge in [0.25, 0.3) is 0 Å². The molecule has 2 N–H and O–H groups in total. The highest BCUT2D eigenvalue weighted by atomic mass is 32.1. The van der Waals surface area contributed by atoms with E-state index in [2.05, 4.69) is 47.2 Å². The van der Waals surface area contributed by atoms with Gasteiger partial charge in [0.15, 0.2) is 0 Å². The molecule has 1 heterocycles. The SMILES string of the molecule is CCNCC(NC)c1csc2ccccc12. The van der Waals surface area contributed by atoms with Gasteiger partial charge in [0.2, 0.25) is 0 Å². The minimum Gasteiger partial charge on any atom is -0.315 e. The van der Waals surface area contributed by atoms with Gasteiger partial charge in [0.1, 0.15) is 0 Å². The van der Waals surface area contributed by atoms with Crippen LogP contribution in [0.2, 0.25) is 0 Å². The van der Waals surface area contributed by atoms with Crippen molar-refractivity contribution in [1.29, 1.82) is 0 Å². The average Bonchev–Trinajstić information content (AvgIpc) is 2.75. The van der Waals surface area contributed by atoms with Crippen LogP contribution in [0.15, 0.2) is 29.6 Å². The van der Waals surface area contributed by atoms with Crippen molar-refractivity contribution in [2.75, 3.05) is 20.1 Å². The summed E-state index contributed by atoms with van der Waals surface area (Å²) in [4.78, 5) is 0.